The third-order valence-electron chi connectivity index (χ3n) is 3.21. The van der Waals surface area contributed by atoms with Gasteiger partial charge in [-0.15, -0.1) is 0 Å². The Labute approximate surface area is 134 Å². The first-order chi connectivity index (χ1) is 11.3. The quantitative estimate of drug-likeness (QED) is 0.362. The van der Waals surface area contributed by atoms with Crippen molar-refractivity contribution in [2.45, 2.75) is 6.92 Å². The molecule has 0 aliphatic rings. The summed E-state index contributed by atoms with van der Waals surface area (Å²) in [7, 11) is 0. The standard InChI is InChI=1S/C16H11F2NO5/c1-9-6-11(3-5-14(9)19(22)23)16(21)24-8-15(20)10-2-4-12(17)13(18)7-10/h2-7H,8H2,1H3. The van der Waals surface area contributed by atoms with E-state index < -0.39 is 34.9 Å². The van der Waals surface area contributed by atoms with Gasteiger partial charge in [-0.25, -0.2) is 13.6 Å². The number of hydrogen-bond donors (Lipinski definition) is 0. The van der Waals surface area contributed by atoms with Crippen LogP contribution in [0, 0.1) is 28.7 Å². The summed E-state index contributed by atoms with van der Waals surface area (Å²) in [6.45, 7) is 0.793. The zero-order valence-corrected chi connectivity index (χ0v) is 12.4. The van der Waals surface area contributed by atoms with Gasteiger partial charge in [0.05, 0.1) is 10.5 Å². The van der Waals surface area contributed by atoms with Gasteiger partial charge in [-0.3, -0.25) is 14.9 Å². The molecule has 0 radical (unpaired) electrons. The smallest absolute Gasteiger partial charge is 0.338 e. The Morgan fingerprint density at radius 3 is 2.33 bits per heavy atom. The number of nitrogens with zero attached hydrogens (tertiary/aromatic N) is 1. The van der Waals surface area contributed by atoms with Crippen molar-refractivity contribution in [3.8, 4) is 0 Å². The summed E-state index contributed by atoms with van der Waals surface area (Å²) in [5, 5.41) is 10.7. The molecule has 0 N–H and O–H groups in total. The maximum atomic E-state index is 13.1. The fourth-order valence-electron chi connectivity index (χ4n) is 1.95. The van der Waals surface area contributed by atoms with Crippen LogP contribution in [-0.2, 0) is 4.74 Å². The second-order valence-electron chi connectivity index (χ2n) is 4.89. The molecule has 0 aromatic heterocycles. The van der Waals surface area contributed by atoms with Crippen molar-refractivity contribution in [2.75, 3.05) is 6.61 Å². The van der Waals surface area contributed by atoms with Crippen LogP contribution in [0.2, 0.25) is 0 Å². The molecule has 0 amide bonds. The van der Waals surface area contributed by atoms with Crippen LogP contribution < -0.4 is 0 Å². The summed E-state index contributed by atoms with van der Waals surface area (Å²) in [6, 6.07) is 6.21. The van der Waals surface area contributed by atoms with E-state index in [0.717, 1.165) is 18.2 Å². The highest BCUT2D eigenvalue weighted by atomic mass is 19.2. The Hall–Kier alpha value is -3.16. The van der Waals surface area contributed by atoms with Crippen molar-refractivity contribution in [1.29, 1.82) is 0 Å². The van der Waals surface area contributed by atoms with Gasteiger partial charge in [0.1, 0.15) is 0 Å². The van der Waals surface area contributed by atoms with Crippen LogP contribution in [-0.4, -0.2) is 23.3 Å². The first-order valence-electron chi connectivity index (χ1n) is 6.70. The molecule has 2 rings (SSSR count). The van der Waals surface area contributed by atoms with E-state index in [0.29, 0.717) is 6.07 Å². The molecular formula is C16H11F2NO5. The molecule has 6 nitrogen and oxygen atoms in total. The van der Waals surface area contributed by atoms with Crippen LogP contribution in [0.15, 0.2) is 36.4 Å². The third-order valence-corrected chi connectivity index (χ3v) is 3.21. The minimum Gasteiger partial charge on any atom is -0.454 e. The van der Waals surface area contributed by atoms with Crippen LogP contribution >= 0.6 is 0 Å². The number of nitro benzene ring substituents is 1. The Morgan fingerprint density at radius 1 is 1.08 bits per heavy atom. The fraction of sp³-hybridized carbons (Fsp3) is 0.125. The Bertz CT molecular complexity index is 835. The van der Waals surface area contributed by atoms with Gasteiger partial charge in [0.15, 0.2) is 24.0 Å². The topological polar surface area (TPSA) is 86.5 Å². The molecule has 0 aliphatic carbocycles. The Kier molecular flexibility index (Phi) is 4.98. The second-order valence-corrected chi connectivity index (χ2v) is 4.89. The van der Waals surface area contributed by atoms with Crippen molar-refractivity contribution in [2.24, 2.45) is 0 Å². The van der Waals surface area contributed by atoms with Crippen LogP contribution in [0.3, 0.4) is 0 Å². The first-order valence-corrected chi connectivity index (χ1v) is 6.70. The van der Waals surface area contributed by atoms with Crippen LogP contribution in [0.1, 0.15) is 26.3 Å². The van der Waals surface area contributed by atoms with Gasteiger partial charge in [-0.1, -0.05) is 0 Å². The highest BCUT2D eigenvalue weighted by Crippen LogP contribution is 2.19. The number of hydrogen-bond acceptors (Lipinski definition) is 5. The van der Waals surface area contributed by atoms with Crippen molar-refractivity contribution in [3.05, 3.63) is 74.8 Å². The maximum Gasteiger partial charge on any atom is 0.338 e. The van der Waals surface area contributed by atoms with E-state index in [1.165, 1.54) is 19.1 Å². The van der Waals surface area contributed by atoms with E-state index in [4.69, 9.17) is 4.74 Å². The number of ketones is 1. The zero-order valence-electron chi connectivity index (χ0n) is 12.4. The highest BCUT2D eigenvalue weighted by molar-refractivity contribution is 5.99. The molecule has 0 saturated heterocycles. The van der Waals surface area contributed by atoms with E-state index in [1.54, 1.807) is 0 Å². The lowest BCUT2D eigenvalue weighted by molar-refractivity contribution is -0.385. The molecule has 124 valence electrons. The van der Waals surface area contributed by atoms with Gasteiger partial charge in [0.25, 0.3) is 5.69 Å². The summed E-state index contributed by atoms with van der Waals surface area (Å²) in [6.07, 6.45) is 0. The van der Waals surface area contributed by atoms with E-state index in [2.05, 4.69) is 0 Å². The molecule has 0 atom stereocenters. The minimum atomic E-state index is -1.18. The second kappa shape index (κ2) is 6.95. The van der Waals surface area contributed by atoms with Crippen molar-refractivity contribution in [3.63, 3.8) is 0 Å². The lowest BCUT2D eigenvalue weighted by Gasteiger charge is -2.06. The number of rotatable bonds is 5. The SMILES string of the molecule is Cc1cc(C(=O)OCC(=O)c2ccc(F)c(F)c2)ccc1[N+](=O)[O-]. The summed E-state index contributed by atoms with van der Waals surface area (Å²) in [4.78, 5) is 33.8. The largest absolute Gasteiger partial charge is 0.454 e. The number of aryl methyl sites for hydroxylation is 1. The van der Waals surface area contributed by atoms with Gasteiger partial charge in [0, 0.05) is 17.2 Å². The molecule has 0 saturated carbocycles. The maximum absolute atomic E-state index is 13.1. The lowest BCUT2D eigenvalue weighted by Crippen LogP contribution is -2.15. The summed E-state index contributed by atoms with van der Waals surface area (Å²) in [5.41, 5.74) is 0.0172. The molecule has 2 aromatic rings. The number of Topliss-reactive ketones (excluding diaryl/α,β-unsaturated/α-hetero) is 1. The van der Waals surface area contributed by atoms with Gasteiger partial charge in [-0.2, -0.15) is 0 Å². The molecule has 0 aliphatic heterocycles. The van der Waals surface area contributed by atoms with Crippen molar-refractivity contribution < 1.29 is 28.0 Å². The predicted octanol–water partition coefficient (Wildman–Crippen LogP) is 3.22. The lowest BCUT2D eigenvalue weighted by atomic mass is 10.1. The first kappa shape index (κ1) is 17.2. The Morgan fingerprint density at radius 2 is 1.75 bits per heavy atom. The monoisotopic (exact) mass is 335 g/mol. The van der Waals surface area contributed by atoms with Crippen molar-refractivity contribution >= 4 is 17.4 Å². The van der Waals surface area contributed by atoms with Crippen LogP contribution in [0.25, 0.3) is 0 Å². The minimum absolute atomic E-state index is 0.0381. The highest BCUT2D eigenvalue weighted by Gasteiger charge is 2.17. The van der Waals surface area contributed by atoms with Gasteiger partial charge in [0.2, 0.25) is 0 Å². The molecule has 0 spiro atoms. The number of nitro groups is 1. The third kappa shape index (κ3) is 3.78. The molecule has 0 bridgehead atoms. The van der Waals surface area contributed by atoms with Gasteiger partial charge < -0.3 is 4.74 Å². The van der Waals surface area contributed by atoms with Crippen LogP contribution in [0.4, 0.5) is 14.5 Å². The summed E-state index contributed by atoms with van der Waals surface area (Å²) < 4.78 is 30.7. The average molecular weight is 335 g/mol. The van der Waals surface area contributed by atoms with E-state index in [9.17, 15) is 28.5 Å². The number of carbonyl (C=O) groups excluding carboxylic acids is 2. The predicted molar refractivity (Wildman–Crippen MR) is 78.8 cm³/mol. The normalized spacial score (nSPS) is 10.3. The van der Waals surface area contributed by atoms with Crippen molar-refractivity contribution in [1.82, 2.24) is 0 Å². The molecule has 0 heterocycles. The number of halogens is 2. The van der Waals surface area contributed by atoms with Crippen LogP contribution in [0.5, 0.6) is 0 Å². The number of ether oxygens (including phenoxy) is 1. The van der Waals surface area contributed by atoms with E-state index in [1.807, 2.05) is 0 Å². The summed E-state index contributed by atoms with van der Waals surface area (Å²) in [5.74, 6) is -3.84. The molecule has 0 unspecified atom stereocenters. The van der Waals surface area contributed by atoms with E-state index in [-0.39, 0.29) is 22.4 Å². The van der Waals surface area contributed by atoms with Gasteiger partial charge in [-0.05, 0) is 37.3 Å². The number of carbonyl (C=O) groups is 2. The number of benzene rings is 2. The van der Waals surface area contributed by atoms with Gasteiger partial charge >= 0.3 is 5.97 Å². The fourth-order valence-corrected chi connectivity index (χ4v) is 1.95. The molecule has 2 aromatic carbocycles. The molecular weight excluding hydrogens is 324 g/mol. The Balaban J connectivity index is 2.04. The zero-order chi connectivity index (χ0) is 17.9. The number of esters is 1. The average Bonchev–Trinajstić information content (AvgIpc) is 2.54. The summed E-state index contributed by atoms with van der Waals surface area (Å²) >= 11 is 0. The molecule has 8 heteroatoms. The molecule has 0 fully saturated rings. The molecule has 24 heavy (non-hydrogen) atoms. The van der Waals surface area contributed by atoms with E-state index >= 15 is 0 Å².